The molecule has 0 amide bonds. The quantitative estimate of drug-likeness (QED) is 0.622. The number of ether oxygens (including phenoxy) is 2. The van der Waals surface area contributed by atoms with E-state index < -0.39 is 15.7 Å². The van der Waals surface area contributed by atoms with E-state index in [4.69, 9.17) is 9.47 Å². The van der Waals surface area contributed by atoms with E-state index in [0.29, 0.717) is 33.7 Å². The van der Waals surface area contributed by atoms with Gasteiger partial charge >= 0.3 is 0 Å². The van der Waals surface area contributed by atoms with E-state index in [1.165, 1.54) is 14.2 Å². The summed E-state index contributed by atoms with van der Waals surface area (Å²) in [5, 5.41) is 3.42. The molecule has 152 valence electrons. The van der Waals surface area contributed by atoms with Gasteiger partial charge in [-0.25, -0.2) is 12.8 Å². The molecule has 1 N–H and O–H groups in total. The van der Waals surface area contributed by atoms with Crippen molar-refractivity contribution in [2.75, 3.05) is 19.5 Å². The van der Waals surface area contributed by atoms with Crippen molar-refractivity contribution in [2.24, 2.45) is 0 Å². The molecule has 1 aromatic heterocycles. The Morgan fingerprint density at radius 3 is 2.38 bits per heavy atom. The molecule has 1 heterocycles. The molecular formula is C21H21FN2O4S. The van der Waals surface area contributed by atoms with Gasteiger partial charge in [-0.2, -0.15) is 0 Å². The second-order valence-corrected chi connectivity index (χ2v) is 9.32. The van der Waals surface area contributed by atoms with Crippen LogP contribution in [0.2, 0.25) is 0 Å². The predicted molar refractivity (Wildman–Crippen MR) is 110 cm³/mol. The van der Waals surface area contributed by atoms with Gasteiger partial charge in [0.15, 0.2) is 27.2 Å². The highest BCUT2D eigenvalue weighted by molar-refractivity contribution is 7.91. The van der Waals surface area contributed by atoms with Crippen molar-refractivity contribution in [3.05, 3.63) is 54.0 Å². The van der Waals surface area contributed by atoms with Gasteiger partial charge in [0.1, 0.15) is 0 Å². The second kappa shape index (κ2) is 7.51. The topological polar surface area (TPSA) is 77.5 Å². The minimum Gasteiger partial charge on any atom is -0.493 e. The number of pyridine rings is 1. The summed E-state index contributed by atoms with van der Waals surface area (Å²) >= 11 is 0. The summed E-state index contributed by atoms with van der Waals surface area (Å²) in [6.45, 7) is 0. The van der Waals surface area contributed by atoms with Crippen LogP contribution in [0, 0.1) is 5.82 Å². The van der Waals surface area contributed by atoms with E-state index in [1.807, 2.05) is 0 Å². The molecule has 1 aliphatic rings. The number of nitrogens with one attached hydrogen (secondary N) is 1. The van der Waals surface area contributed by atoms with Crippen LogP contribution in [0.15, 0.2) is 42.6 Å². The first kappa shape index (κ1) is 19.4. The fourth-order valence-corrected chi connectivity index (χ4v) is 4.97. The van der Waals surface area contributed by atoms with E-state index in [1.54, 1.807) is 36.4 Å². The van der Waals surface area contributed by atoms with E-state index >= 15 is 0 Å². The van der Waals surface area contributed by atoms with Crippen molar-refractivity contribution < 1.29 is 22.3 Å². The number of hydrogen-bond acceptors (Lipinski definition) is 6. The maximum Gasteiger partial charge on any atom is 0.165 e. The monoisotopic (exact) mass is 416 g/mol. The molecule has 1 fully saturated rings. The van der Waals surface area contributed by atoms with Crippen molar-refractivity contribution >= 4 is 32.1 Å². The number of methoxy groups -OCH3 is 2. The number of anilines is 2. The van der Waals surface area contributed by atoms with E-state index in [9.17, 15) is 12.8 Å². The van der Waals surface area contributed by atoms with Crippen molar-refractivity contribution in [1.82, 2.24) is 4.98 Å². The summed E-state index contributed by atoms with van der Waals surface area (Å²) in [5.41, 5.74) is 2.17. The van der Waals surface area contributed by atoms with Crippen LogP contribution in [-0.2, 0) is 15.6 Å². The summed E-state index contributed by atoms with van der Waals surface area (Å²) in [5.74, 6) is 0.495. The van der Waals surface area contributed by atoms with Gasteiger partial charge in [0.25, 0.3) is 0 Å². The highest BCUT2D eigenvalue weighted by Crippen LogP contribution is 2.36. The number of aromatic nitrogens is 1. The van der Waals surface area contributed by atoms with Gasteiger partial charge in [0.2, 0.25) is 0 Å². The zero-order chi connectivity index (χ0) is 20.6. The average Bonchev–Trinajstić information content (AvgIpc) is 3.56. The van der Waals surface area contributed by atoms with Crippen LogP contribution in [-0.4, -0.2) is 32.9 Å². The average molecular weight is 416 g/mol. The Kier molecular flexibility index (Phi) is 5.04. The van der Waals surface area contributed by atoms with Crippen molar-refractivity contribution in [1.29, 1.82) is 0 Å². The van der Waals surface area contributed by atoms with Crippen LogP contribution < -0.4 is 14.8 Å². The predicted octanol–water partition coefficient (Wildman–Crippen LogP) is 4.21. The van der Waals surface area contributed by atoms with E-state index in [0.717, 1.165) is 19.0 Å². The minimum absolute atomic E-state index is 0.0293. The number of nitrogens with zero attached hydrogens (tertiary/aromatic N) is 1. The minimum atomic E-state index is -3.08. The number of rotatable bonds is 7. The van der Waals surface area contributed by atoms with Crippen LogP contribution >= 0.6 is 0 Å². The van der Waals surface area contributed by atoms with Crippen LogP contribution in [0.25, 0.3) is 10.9 Å². The maximum atomic E-state index is 14.5. The molecule has 6 nitrogen and oxygen atoms in total. The second-order valence-electron chi connectivity index (χ2n) is 7.03. The van der Waals surface area contributed by atoms with Crippen molar-refractivity contribution in [3.63, 3.8) is 0 Å². The van der Waals surface area contributed by atoms with Crippen LogP contribution in [0.1, 0.15) is 18.4 Å². The number of halogens is 1. The summed E-state index contributed by atoms with van der Waals surface area (Å²) in [6.07, 6.45) is 2.66. The number of fused-ring (bicyclic) bond motifs is 1. The lowest BCUT2D eigenvalue weighted by Crippen LogP contribution is -2.09. The first-order valence-electron chi connectivity index (χ1n) is 9.19. The Hall–Kier alpha value is -2.87. The third-order valence-corrected chi connectivity index (χ3v) is 7.17. The molecule has 0 saturated heterocycles. The third-order valence-electron chi connectivity index (χ3n) is 4.95. The Morgan fingerprint density at radius 2 is 1.76 bits per heavy atom. The lowest BCUT2D eigenvalue weighted by atomic mass is 10.1. The molecule has 4 rings (SSSR count). The van der Waals surface area contributed by atoms with Gasteiger partial charge in [-0.05, 0) is 36.6 Å². The van der Waals surface area contributed by atoms with E-state index in [-0.39, 0.29) is 16.7 Å². The van der Waals surface area contributed by atoms with Crippen LogP contribution in [0.5, 0.6) is 11.5 Å². The summed E-state index contributed by atoms with van der Waals surface area (Å²) in [4.78, 5) is 4.13. The molecule has 0 unspecified atom stereocenters. The lowest BCUT2D eigenvalue weighted by molar-refractivity contribution is 0.356. The van der Waals surface area contributed by atoms with Gasteiger partial charge in [-0.15, -0.1) is 0 Å². The zero-order valence-corrected chi connectivity index (χ0v) is 16.9. The fraction of sp³-hybridized carbons (Fsp3) is 0.286. The molecule has 3 aromatic rings. The van der Waals surface area contributed by atoms with Crippen LogP contribution in [0.3, 0.4) is 0 Å². The molecule has 1 saturated carbocycles. The van der Waals surface area contributed by atoms with Gasteiger partial charge in [-0.3, -0.25) is 4.98 Å². The lowest BCUT2D eigenvalue weighted by Gasteiger charge is -2.14. The molecule has 0 atom stereocenters. The molecule has 8 heteroatoms. The first-order valence-corrected chi connectivity index (χ1v) is 10.9. The van der Waals surface area contributed by atoms with Gasteiger partial charge in [-0.1, -0.05) is 12.1 Å². The standard InChI is InChI=1S/C21H21FN2O4S/c1-27-19-9-16-18(10-20(19)28-2)23-11-17(22)21(16)24-14-5-3-13(4-6-14)12-29(25,26)15-7-8-15/h3-6,9-11,15H,7-8,12H2,1-2H3,(H,23,24). The summed E-state index contributed by atoms with van der Waals surface area (Å²) in [6, 6.07) is 10.3. The van der Waals surface area contributed by atoms with Gasteiger partial charge < -0.3 is 14.8 Å². The maximum absolute atomic E-state index is 14.5. The first-order chi connectivity index (χ1) is 13.9. The SMILES string of the molecule is COc1cc2ncc(F)c(Nc3ccc(CS(=O)(=O)C4CC4)cc3)c2cc1OC. The van der Waals surface area contributed by atoms with Crippen molar-refractivity contribution in [3.8, 4) is 11.5 Å². The third kappa shape index (κ3) is 3.98. The Morgan fingerprint density at radius 1 is 1.10 bits per heavy atom. The van der Waals surface area contributed by atoms with E-state index in [2.05, 4.69) is 10.3 Å². The number of hydrogen-bond donors (Lipinski definition) is 1. The Balaban J connectivity index is 1.64. The highest BCUT2D eigenvalue weighted by Gasteiger charge is 2.35. The molecule has 0 spiro atoms. The zero-order valence-electron chi connectivity index (χ0n) is 16.1. The molecule has 29 heavy (non-hydrogen) atoms. The Labute approximate surface area is 168 Å². The smallest absolute Gasteiger partial charge is 0.165 e. The number of sulfone groups is 1. The van der Waals surface area contributed by atoms with Crippen LogP contribution in [0.4, 0.5) is 15.8 Å². The molecule has 0 radical (unpaired) electrons. The summed E-state index contributed by atoms with van der Waals surface area (Å²) in [7, 11) is -0.0392. The number of benzene rings is 2. The molecule has 0 bridgehead atoms. The van der Waals surface area contributed by atoms with Crippen molar-refractivity contribution in [2.45, 2.75) is 23.8 Å². The summed E-state index contributed by atoms with van der Waals surface area (Å²) < 4.78 is 49.4. The molecule has 1 aliphatic carbocycles. The molecule has 0 aliphatic heterocycles. The molecular weight excluding hydrogens is 395 g/mol. The Bertz CT molecular complexity index is 1160. The molecule has 2 aromatic carbocycles. The highest BCUT2D eigenvalue weighted by atomic mass is 32.2. The van der Waals surface area contributed by atoms with Gasteiger partial charge in [0, 0.05) is 17.1 Å². The van der Waals surface area contributed by atoms with Gasteiger partial charge in [0.05, 0.1) is 42.6 Å². The largest absolute Gasteiger partial charge is 0.493 e. The fourth-order valence-electron chi connectivity index (χ4n) is 3.23. The normalized spacial score (nSPS) is 14.0.